The fraction of sp³-hybridized carbons (Fsp3) is 0.429. The quantitative estimate of drug-likeness (QED) is 0.456. The average molecular weight is 411 g/mol. The van der Waals surface area contributed by atoms with E-state index < -0.39 is 0 Å². The summed E-state index contributed by atoms with van der Waals surface area (Å²) >= 11 is 0. The van der Waals surface area contributed by atoms with Gasteiger partial charge >= 0.3 is 0 Å². The van der Waals surface area contributed by atoms with Gasteiger partial charge in [-0.05, 0) is 31.5 Å². The summed E-state index contributed by atoms with van der Waals surface area (Å²) in [5, 5.41) is 3.15. The summed E-state index contributed by atoms with van der Waals surface area (Å²) in [4.78, 5) is 32.9. The molecular weight excluding hydrogens is 384 g/mol. The highest BCUT2D eigenvalue weighted by Crippen LogP contribution is 2.15. The first-order chi connectivity index (χ1) is 14.5. The van der Waals surface area contributed by atoms with Crippen molar-refractivity contribution in [3.8, 4) is 0 Å². The van der Waals surface area contributed by atoms with Gasteiger partial charge in [0, 0.05) is 32.4 Å². The Hall–Kier alpha value is -3.04. The number of nitrogen functional groups attached to an aromatic ring is 1. The molecule has 4 heterocycles. The van der Waals surface area contributed by atoms with E-state index in [0.717, 1.165) is 25.2 Å². The van der Waals surface area contributed by atoms with Crippen molar-refractivity contribution < 1.29 is 14.1 Å². The number of nitrogens with zero attached hydrogens (tertiary/aromatic N) is 4. The summed E-state index contributed by atoms with van der Waals surface area (Å²) in [5.41, 5.74) is 8.48. The summed E-state index contributed by atoms with van der Waals surface area (Å²) in [7, 11) is 0. The van der Waals surface area contributed by atoms with Gasteiger partial charge in [-0.3, -0.25) is 18.9 Å². The number of aromatic nitrogens is 3. The van der Waals surface area contributed by atoms with Crippen LogP contribution in [0.5, 0.6) is 0 Å². The number of hydrogen-bond donors (Lipinski definition) is 2. The molecule has 158 valence electrons. The van der Waals surface area contributed by atoms with Crippen molar-refractivity contribution in [2.24, 2.45) is 0 Å². The van der Waals surface area contributed by atoms with Crippen molar-refractivity contribution in [3.05, 3.63) is 45.9 Å². The van der Waals surface area contributed by atoms with Crippen LogP contribution < -0.4 is 21.2 Å². The minimum atomic E-state index is -0.300. The Balaban J connectivity index is 1.89. The molecular formula is C21H27N6O3+. The topological polar surface area (TPSA) is 106 Å². The highest BCUT2D eigenvalue weighted by molar-refractivity contribution is 6.00. The molecule has 1 aliphatic heterocycles. The van der Waals surface area contributed by atoms with Crippen LogP contribution in [0, 0.1) is 6.92 Å². The number of carbonyl (C=O) groups excluding carboxylic acids is 1. The second kappa shape index (κ2) is 8.37. The maximum atomic E-state index is 13.3. The summed E-state index contributed by atoms with van der Waals surface area (Å²) < 4.78 is 8.72. The molecule has 0 bridgehead atoms. The Morgan fingerprint density at radius 1 is 1.33 bits per heavy atom. The van der Waals surface area contributed by atoms with Gasteiger partial charge in [0.25, 0.3) is 17.1 Å². The third-order valence-electron chi connectivity index (χ3n) is 5.42. The SMILES string of the molecule is CCNC(=O)c1cc2c(=O)n3cc(C)ccc3nc2[n+](CCN2CCOCC2)c1N. The monoisotopic (exact) mass is 411 g/mol. The molecule has 0 saturated carbocycles. The average Bonchev–Trinajstić information content (AvgIpc) is 2.74. The first-order valence-corrected chi connectivity index (χ1v) is 10.2. The van der Waals surface area contributed by atoms with E-state index in [-0.39, 0.29) is 17.0 Å². The van der Waals surface area contributed by atoms with Gasteiger partial charge in [0.15, 0.2) is 0 Å². The molecule has 1 fully saturated rings. The van der Waals surface area contributed by atoms with E-state index in [9.17, 15) is 9.59 Å². The number of rotatable bonds is 5. The van der Waals surface area contributed by atoms with Crippen LogP contribution in [0.2, 0.25) is 0 Å². The van der Waals surface area contributed by atoms with Crippen LogP contribution in [-0.2, 0) is 11.3 Å². The molecule has 3 aromatic heterocycles. The third-order valence-corrected chi connectivity index (χ3v) is 5.42. The number of anilines is 1. The van der Waals surface area contributed by atoms with Crippen LogP contribution in [0.25, 0.3) is 16.7 Å². The number of nitrogens with one attached hydrogen (secondary N) is 1. The molecule has 9 heteroatoms. The molecule has 0 atom stereocenters. The highest BCUT2D eigenvalue weighted by atomic mass is 16.5. The highest BCUT2D eigenvalue weighted by Gasteiger charge is 2.25. The van der Waals surface area contributed by atoms with Gasteiger partial charge in [-0.15, -0.1) is 0 Å². The van der Waals surface area contributed by atoms with Gasteiger partial charge in [-0.25, -0.2) is 4.57 Å². The zero-order valence-corrected chi connectivity index (χ0v) is 17.4. The molecule has 0 unspecified atom stereocenters. The van der Waals surface area contributed by atoms with Crippen LogP contribution in [0.1, 0.15) is 22.8 Å². The van der Waals surface area contributed by atoms with Crippen molar-refractivity contribution in [2.45, 2.75) is 20.4 Å². The van der Waals surface area contributed by atoms with Gasteiger partial charge in [-0.2, -0.15) is 0 Å². The minimum Gasteiger partial charge on any atom is -0.379 e. The summed E-state index contributed by atoms with van der Waals surface area (Å²) in [6, 6.07) is 5.29. The summed E-state index contributed by atoms with van der Waals surface area (Å²) in [6.45, 7) is 8.55. The number of morpholine rings is 1. The Morgan fingerprint density at radius 3 is 2.83 bits per heavy atom. The van der Waals surface area contributed by atoms with Crippen LogP contribution >= 0.6 is 0 Å². The van der Waals surface area contributed by atoms with Crippen LogP contribution in [0.15, 0.2) is 29.2 Å². The van der Waals surface area contributed by atoms with Gasteiger partial charge < -0.3 is 15.8 Å². The Bertz CT molecular complexity index is 1170. The molecule has 0 aromatic carbocycles. The van der Waals surface area contributed by atoms with Crippen molar-refractivity contribution in [2.75, 3.05) is 45.1 Å². The number of aryl methyl sites for hydroxylation is 1. The first-order valence-electron chi connectivity index (χ1n) is 10.2. The number of fused-ring (bicyclic) bond motifs is 2. The lowest BCUT2D eigenvalue weighted by molar-refractivity contribution is -0.658. The van der Waals surface area contributed by atoms with E-state index in [1.807, 2.05) is 26.0 Å². The lowest BCUT2D eigenvalue weighted by atomic mass is 10.1. The standard InChI is InChI=1S/C21H26N6O3/c1-3-23-20(28)15-12-16-19(24-17-5-4-14(2)13-27(17)21(16)29)26(18(15)22)7-6-25-8-10-30-11-9-25/h4-5,12-13,22H,3,6-11H2,1-2H3,(H,23,28)/p+1. The third kappa shape index (κ3) is 3.73. The lowest BCUT2D eigenvalue weighted by Gasteiger charge is -2.26. The predicted molar refractivity (Wildman–Crippen MR) is 114 cm³/mol. The smallest absolute Gasteiger partial charge is 0.278 e. The molecule has 0 aliphatic carbocycles. The zero-order chi connectivity index (χ0) is 21.3. The van der Waals surface area contributed by atoms with Crippen molar-refractivity contribution in [3.63, 3.8) is 0 Å². The van der Waals surface area contributed by atoms with Crippen molar-refractivity contribution >= 4 is 28.4 Å². The minimum absolute atomic E-state index is 0.218. The van der Waals surface area contributed by atoms with E-state index in [4.69, 9.17) is 15.5 Å². The van der Waals surface area contributed by atoms with Gasteiger partial charge in [0.05, 0.1) is 19.8 Å². The number of ether oxygens (including phenoxy) is 1. The molecule has 3 N–H and O–H groups in total. The number of pyridine rings is 2. The Morgan fingerprint density at radius 2 is 2.10 bits per heavy atom. The van der Waals surface area contributed by atoms with Crippen LogP contribution in [-0.4, -0.2) is 59.6 Å². The molecule has 9 nitrogen and oxygen atoms in total. The molecule has 30 heavy (non-hydrogen) atoms. The number of amides is 1. The Kier molecular flexibility index (Phi) is 5.65. The predicted octanol–water partition coefficient (Wildman–Crippen LogP) is 0.108. The van der Waals surface area contributed by atoms with E-state index in [1.54, 1.807) is 16.8 Å². The first kappa shape index (κ1) is 20.2. The zero-order valence-electron chi connectivity index (χ0n) is 17.4. The summed E-state index contributed by atoms with van der Waals surface area (Å²) in [6.07, 6.45) is 1.75. The molecule has 0 radical (unpaired) electrons. The fourth-order valence-electron chi connectivity index (χ4n) is 3.79. The maximum absolute atomic E-state index is 13.3. The molecule has 0 spiro atoms. The number of hydrogen-bond acceptors (Lipinski definition) is 6. The molecule has 3 aromatic rings. The van der Waals surface area contributed by atoms with Crippen molar-refractivity contribution in [1.29, 1.82) is 0 Å². The van der Waals surface area contributed by atoms with Crippen molar-refractivity contribution in [1.82, 2.24) is 19.6 Å². The maximum Gasteiger partial charge on any atom is 0.278 e. The molecule has 1 amide bonds. The van der Waals surface area contributed by atoms with Gasteiger partial charge in [0.2, 0.25) is 11.5 Å². The number of carbonyl (C=O) groups is 1. The fourth-order valence-corrected chi connectivity index (χ4v) is 3.79. The molecule has 1 aliphatic rings. The van der Waals surface area contributed by atoms with E-state index in [2.05, 4.69) is 10.2 Å². The molecule has 4 rings (SSSR count). The normalized spacial score (nSPS) is 15.0. The van der Waals surface area contributed by atoms with Crippen LogP contribution in [0.4, 0.5) is 5.82 Å². The summed E-state index contributed by atoms with van der Waals surface area (Å²) in [5.74, 6) is 0.0100. The van der Waals surface area contributed by atoms with Gasteiger partial charge in [-0.1, -0.05) is 11.1 Å². The van der Waals surface area contributed by atoms with E-state index in [0.29, 0.717) is 48.8 Å². The Labute approximate surface area is 174 Å². The molecule has 1 saturated heterocycles. The lowest BCUT2D eigenvalue weighted by Crippen LogP contribution is -2.48. The van der Waals surface area contributed by atoms with Gasteiger partial charge in [0.1, 0.15) is 10.9 Å². The van der Waals surface area contributed by atoms with Crippen LogP contribution in [0.3, 0.4) is 0 Å². The number of nitrogens with two attached hydrogens (primary N) is 1. The van der Waals surface area contributed by atoms with E-state index in [1.165, 1.54) is 4.40 Å². The van der Waals surface area contributed by atoms with E-state index >= 15 is 0 Å². The second-order valence-corrected chi connectivity index (χ2v) is 7.50. The largest absolute Gasteiger partial charge is 0.379 e. The second-order valence-electron chi connectivity index (χ2n) is 7.50.